The Bertz CT molecular complexity index is 1040. The largest absolute Gasteiger partial charge is 0.465 e. The SMILES string of the molecule is COC(=O)c1ccc(Cc2c(C)n(CCN3CCCC(CO)C3)c3ccccc23)cc1. The highest BCUT2D eigenvalue weighted by Gasteiger charge is 2.20. The van der Waals surface area contributed by atoms with E-state index in [0.717, 1.165) is 39.0 Å². The van der Waals surface area contributed by atoms with Gasteiger partial charge in [-0.05, 0) is 68.0 Å². The van der Waals surface area contributed by atoms with Gasteiger partial charge in [0.2, 0.25) is 0 Å². The summed E-state index contributed by atoms with van der Waals surface area (Å²) in [5.74, 6) is 0.111. The standard InChI is InChI=1S/C26H32N2O3/c1-19-24(16-20-9-11-22(12-10-20)26(30)31-2)23-7-3-4-8-25(23)28(19)15-14-27-13-5-6-21(17-27)18-29/h3-4,7-12,21,29H,5-6,13-18H2,1-2H3. The lowest BCUT2D eigenvalue weighted by Gasteiger charge is -2.32. The molecule has 5 nitrogen and oxygen atoms in total. The molecular weight excluding hydrogens is 388 g/mol. The van der Waals surface area contributed by atoms with Gasteiger partial charge in [0.15, 0.2) is 0 Å². The van der Waals surface area contributed by atoms with Crippen LogP contribution in [-0.2, 0) is 17.7 Å². The number of fused-ring (bicyclic) bond motifs is 1. The molecule has 1 aromatic heterocycles. The first-order valence-corrected chi connectivity index (χ1v) is 11.2. The molecule has 4 rings (SSSR count). The first-order valence-electron chi connectivity index (χ1n) is 11.2. The second-order valence-electron chi connectivity index (χ2n) is 8.59. The van der Waals surface area contributed by atoms with Gasteiger partial charge in [0.05, 0.1) is 12.7 Å². The zero-order chi connectivity index (χ0) is 21.8. The molecule has 2 heterocycles. The summed E-state index contributed by atoms with van der Waals surface area (Å²) in [6.45, 7) is 6.57. The monoisotopic (exact) mass is 420 g/mol. The van der Waals surface area contributed by atoms with Crippen molar-refractivity contribution in [2.75, 3.05) is 33.4 Å². The molecule has 1 unspecified atom stereocenters. The van der Waals surface area contributed by atoms with Crippen LogP contribution in [0.5, 0.6) is 0 Å². The van der Waals surface area contributed by atoms with E-state index in [2.05, 4.69) is 40.7 Å². The second kappa shape index (κ2) is 9.67. The van der Waals surface area contributed by atoms with Crippen LogP contribution in [0.1, 0.15) is 40.0 Å². The lowest BCUT2D eigenvalue weighted by Crippen LogP contribution is -2.38. The average Bonchev–Trinajstić information content (AvgIpc) is 3.08. The Morgan fingerprint density at radius 1 is 1.13 bits per heavy atom. The molecule has 0 radical (unpaired) electrons. The molecule has 1 fully saturated rings. The number of rotatable bonds is 7. The molecule has 3 aromatic rings. The minimum Gasteiger partial charge on any atom is -0.465 e. The number of methoxy groups -OCH3 is 1. The van der Waals surface area contributed by atoms with Crippen molar-refractivity contribution in [2.45, 2.75) is 32.7 Å². The number of carbonyl (C=O) groups is 1. The van der Waals surface area contributed by atoms with Crippen molar-refractivity contribution in [1.29, 1.82) is 0 Å². The highest BCUT2D eigenvalue weighted by Crippen LogP contribution is 2.28. The number of carbonyl (C=O) groups excluding carboxylic acids is 1. The van der Waals surface area contributed by atoms with E-state index in [1.54, 1.807) is 0 Å². The van der Waals surface area contributed by atoms with E-state index < -0.39 is 0 Å². The number of nitrogens with zero attached hydrogens (tertiary/aromatic N) is 2. The van der Waals surface area contributed by atoms with Gasteiger partial charge < -0.3 is 19.3 Å². The molecular formula is C26H32N2O3. The zero-order valence-electron chi connectivity index (χ0n) is 18.5. The molecule has 1 aliphatic heterocycles. The Labute approximate surface area is 184 Å². The number of hydrogen-bond donors (Lipinski definition) is 1. The molecule has 1 N–H and O–H groups in total. The van der Waals surface area contributed by atoms with Gasteiger partial charge in [-0.15, -0.1) is 0 Å². The van der Waals surface area contributed by atoms with Gasteiger partial charge in [-0.25, -0.2) is 4.79 Å². The minimum absolute atomic E-state index is 0.293. The van der Waals surface area contributed by atoms with Gasteiger partial charge in [0.1, 0.15) is 0 Å². The van der Waals surface area contributed by atoms with Crippen LogP contribution in [0.2, 0.25) is 0 Å². The lowest BCUT2D eigenvalue weighted by atomic mass is 9.99. The van der Waals surface area contributed by atoms with Crippen molar-refractivity contribution in [1.82, 2.24) is 9.47 Å². The van der Waals surface area contributed by atoms with Gasteiger partial charge in [-0.3, -0.25) is 0 Å². The predicted molar refractivity (Wildman–Crippen MR) is 124 cm³/mol. The van der Waals surface area contributed by atoms with Crippen LogP contribution in [0.3, 0.4) is 0 Å². The number of benzene rings is 2. The first-order chi connectivity index (χ1) is 15.1. The Kier molecular flexibility index (Phi) is 6.73. The maximum atomic E-state index is 11.7. The Morgan fingerprint density at radius 3 is 2.65 bits per heavy atom. The third-order valence-electron chi connectivity index (χ3n) is 6.62. The summed E-state index contributed by atoms with van der Waals surface area (Å²) in [5, 5.41) is 10.8. The molecule has 2 aromatic carbocycles. The van der Waals surface area contributed by atoms with Crippen LogP contribution in [0, 0.1) is 12.8 Å². The second-order valence-corrected chi connectivity index (χ2v) is 8.59. The third kappa shape index (κ3) is 4.68. The molecule has 164 valence electrons. The Morgan fingerprint density at radius 2 is 1.90 bits per heavy atom. The average molecular weight is 421 g/mol. The maximum absolute atomic E-state index is 11.7. The summed E-state index contributed by atoms with van der Waals surface area (Å²) in [6, 6.07) is 16.3. The van der Waals surface area contributed by atoms with E-state index in [4.69, 9.17) is 4.74 Å². The molecule has 0 aliphatic carbocycles. The number of aliphatic hydroxyl groups excluding tert-OH is 1. The number of aliphatic hydroxyl groups is 1. The van der Waals surface area contributed by atoms with Crippen LogP contribution >= 0.6 is 0 Å². The van der Waals surface area contributed by atoms with Gasteiger partial charge in [-0.1, -0.05) is 30.3 Å². The summed E-state index contributed by atoms with van der Waals surface area (Å²) in [5.41, 5.74) is 5.67. The van der Waals surface area contributed by atoms with Crippen molar-refractivity contribution in [3.8, 4) is 0 Å². The van der Waals surface area contributed by atoms with Crippen molar-refractivity contribution < 1.29 is 14.6 Å². The van der Waals surface area contributed by atoms with Gasteiger partial charge in [0, 0.05) is 42.8 Å². The van der Waals surface area contributed by atoms with Crippen molar-refractivity contribution in [3.05, 3.63) is 70.9 Å². The summed E-state index contributed by atoms with van der Waals surface area (Å²) in [6.07, 6.45) is 3.14. The molecule has 1 atom stereocenters. The molecule has 1 saturated heterocycles. The molecule has 0 saturated carbocycles. The van der Waals surface area contributed by atoms with E-state index >= 15 is 0 Å². The first kappa shape index (κ1) is 21.6. The Hall–Kier alpha value is -2.63. The van der Waals surface area contributed by atoms with Gasteiger partial charge >= 0.3 is 5.97 Å². The topological polar surface area (TPSA) is 54.7 Å². The molecule has 5 heteroatoms. The summed E-state index contributed by atoms with van der Waals surface area (Å²) < 4.78 is 7.25. The number of hydrogen-bond acceptors (Lipinski definition) is 4. The van der Waals surface area contributed by atoms with Crippen LogP contribution in [0.25, 0.3) is 10.9 Å². The summed E-state index contributed by atoms with van der Waals surface area (Å²) in [4.78, 5) is 14.2. The van der Waals surface area contributed by atoms with Crippen molar-refractivity contribution in [2.24, 2.45) is 5.92 Å². The van der Waals surface area contributed by atoms with Crippen LogP contribution < -0.4 is 0 Å². The van der Waals surface area contributed by atoms with E-state index in [-0.39, 0.29) is 5.97 Å². The van der Waals surface area contributed by atoms with Crippen LogP contribution in [0.15, 0.2) is 48.5 Å². The lowest BCUT2D eigenvalue weighted by molar-refractivity contribution is 0.0600. The highest BCUT2D eigenvalue weighted by atomic mass is 16.5. The number of para-hydroxylation sites is 1. The smallest absolute Gasteiger partial charge is 0.337 e. The molecule has 1 aliphatic rings. The van der Waals surface area contributed by atoms with E-state index in [1.165, 1.54) is 41.3 Å². The summed E-state index contributed by atoms with van der Waals surface area (Å²) in [7, 11) is 1.41. The molecule has 0 bridgehead atoms. The normalized spacial score (nSPS) is 17.2. The number of ether oxygens (including phenoxy) is 1. The Balaban J connectivity index is 1.56. The van der Waals surface area contributed by atoms with E-state index in [1.807, 2.05) is 24.3 Å². The molecule has 31 heavy (non-hydrogen) atoms. The maximum Gasteiger partial charge on any atom is 0.337 e. The third-order valence-corrected chi connectivity index (χ3v) is 6.62. The fourth-order valence-electron chi connectivity index (χ4n) is 4.84. The highest BCUT2D eigenvalue weighted by molar-refractivity contribution is 5.89. The number of piperidine rings is 1. The number of aromatic nitrogens is 1. The van der Waals surface area contributed by atoms with Crippen LogP contribution in [-0.4, -0.2) is 53.9 Å². The number of esters is 1. The van der Waals surface area contributed by atoms with Crippen molar-refractivity contribution in [3.63, 3.8) is 0 Å². The number of likely N-dealkylation sites (tertiary alicyclic amines) is 1. The molecule has 0 spiro atoms. The predicted octanol–water partition coefficient (Wildman–Crippen LogP) is 4.03. The van der Waals surface area contributed by atoms with Crippen LogP contribution in [0.4, 0.5) is 0 Å². The van der Waals surface area contributed by atoms with Gasteiger partial charge in [-0.2, -0.15) is 0 Å². The quantitative estimate of drug-likeness (QED) is 0.587. The van der Waals surface area contributed by atoms with E-state index in [0.29, 0.717) is 18.1 Å². The zero-order valence-corrected chi connectivity index (χ0v) is 18.5. The van der Waals surface area contributed by atoms with Gasteiger partial charge in [0.25, 0.3) is 0 Å². The summed E-state index contributed by atoms with van der Waals surface area (Å²) >= 11 is 0. The molecule has 0 amide bonds. The van der Waals surface area contributed by atoms with Crippen molar-refractivity contribution >= 4 is 16.9 Å². The van der Waals surface area contributed by atoms with E-state index in [9.17, 15) is 9.90 Å². The minimum atomic E-state index is -0.305. The fourth-order valence-corrected chi connectivity index (χ4v) is 4.84. The fraction of sp³-hybridized carbons (Fsp3) is 0.423.